The Hall–Kier alpha value is -1.64. The summed E-state index contributed by atoms with van der Waals surface area (Å²) in [7, 11) is 0. The fraction of sp³-hybridized carbons (Fsp3) is 0.385. The van der Waals surface area contributed by atoms with E-state index in [-0.39, 0.29) is 0 Å². The molecular formula is C13H15N3. The summed E-state index contributed by atoms with van der Waals surface area (Å²) in [5.74, 6) is 0.733. The topological polar surface area (TPSA) is 41.6 Å². The zero-order valence-electron chi connectivity index (χ0n) is 9.19. The van der Waals surface area contributed by atoms with Crippen LogP contribution in [0.4, 0.5) is 0 Å². The Labute approximate surface area is 95.0 Å². The Balaban J connectivity index is 1.73. The average Bonchev–Trinajstić information content (AvgIpc) is 2.82. The van der Waals surface area contributed by atoms with Crippen LogP contribution in [0.2, 0.25) is 0 Å². The number of rotatable bonds is 2. The number of aromatic amines is 1. The predicted molar refractivity (Wildman–Crippen MR) is 62.0 cm³/mol. The molecule has 3 heteroatoms. The number of aromatic nitrogens is 3. The molecule has 16 heavy (non-hydrogen) atoms. The molecule has 1 aliphatic carbocycles. The number of hydrogen-bond donors (Lipinski definition) is 1. The van der Waals surface area contributed by atoms with E-state index >= 15 is 0 Å². The smallest absolute Gasteiger partial charge is 0.0921 e. The van der Waals surface area contributed by atoms with Crippen LogP contribution in [0.3, 0.4) is 0 Å². The van der Waals surface area contributed by atoms with Gasteiger partial charge in [-0.05, 0) is 43.2 Å². The quantitative estimate of drug-likeness (QED) is 0.830. The van der Waals surface area contributed by atoms with Gasteiger partial charge in [0.05, 0.1) is 6.33 Å². The van der Waals surface area contributed by atoms with Crippen molar-refractivity contribution in [3.8, 4) is 0 Å². The molecule has 3 rings (SSSR count). The van der Waals surface area contributed by atoms with E-state index < -0.39 is 0 Å². The summed E-state index contributed by atoms with van der Waals surface area (Å²) in [6, 6.07) is 4.25. The molecule has 2 heterocycles. The summed E-state index contributed by atoms with van der Waals surface area (Å²) < 4.78 is 0. The van der Waals surface area contributed by atoms with E-state index in [1.54, 1.807) is 6.33 Å². The number of imidazole rings is 1. The molecule has 1 atom stereocenters. The van der Waals surface area contributed by atoms with Crippen molar-refractivity contribution < 1.29 is 0 Å². The maximum atomic E-state index is 4.43. The number of fused-ring (bicyclic) bond motifs is 1. The van der Waals surface area contributed by atoms with E-state index in [2.05, 4.69) is 21.0 Å². The van der Waals surface area contributed by atoms with Crippen LogP contribution in [0.5, 0.6) is 0 Å². The fourth-order valence-corrected chi connectivity index (χ4v) is 2.52. The van der Waals surface area contributed by atoms with Crippen molar-refractivity contribution in [1.82, 2.24) is 15.0 Å². The summed E-state index contributed by atoms with van der Waals surface area (Å²) in [5, 5.41) is 0. The van der Waals surface area contributed by atoms with Crippen molar-refractivity contribution in [2.75, 3.05) is 0 Å². The molecule has 1 aliphatic rings. The average molecular weight is 213 g/mol. The number of nitrogens with one attached hydrogen (secondary N) is 1. The first-order valence-electron chi connectivity index (χ1n) is 5.82. The monoisotopic (exact) mass is 213 g/mol. The molecule has 82 valence electrons. The van der Waals surface area contributed by atoms with Gasteiger partial charge in [0.1, 0.15) is 0 Å². The summed E-state index contributed by atoms with van der Waals surface area (Å²) in [4.78, 5) is 11.7. The van der Waals surface area contributed by atoms with Crippen molar-refractivity contribution in [3.63, 3.8) is 0 Å². The Kier molecular flexibility index (Phi) is 2.44. The minimum Gasteiger partial charge on any atom is -0.348 e. The van der Waals surface area contributed by atoms with Gasteiger partial charge in [-0.2, -0.15) is 0 Å². The highest BCUT2D eigenvalue weighted by molar-refractivity contribution is 5.23. The van der Waals surface area contributed by atoms with Crippen LogP contribution in [0.15, 0.2) is 30.9 Å². The third kappa shape index (κ3) is 1.85. The van der Waals surface area contributed by atoms with Crippen LogP contribution in [0, 0.1) is 5.92 Å². The number of pyridine rings is 1. The second kappa shape index (κ2) is 4.08. The van der Waals surface area contributed by atoms with Gasteiger partial charge in [-0.3, -0.25) is 4.98 Å². The van der Waals surface area contributed by atoms with Crippen molar-refractivity contribution in [1.29, 1.82) is 0 Å². The first-order chi connectivity index (χ1) is 7.92. The Bertz CT molecular complexity index is 462. The first-order valence-corrected chi connectivity index (χ1v) is 5.82. The van der Waals surface area contributed by atoms with Crippen molar-refractivity contribution in [3.05, 3.63) is 47.8 Å². The van der Waals surface area contributed by atoms with Gasteiger partial charge in [-0.15, -0.1) is 0 Å². The van der Waals surface area contributed by atoms with Crippen molar-refractivity contribution in [2.24, 2.45) is 5.92 Å². The van der Waals surface area contributed by atoms with Crippen LogP contribution in [-0.4, -0.2) is 15.0 Å². The molecule has 3 nitrogen and oxygen atoms in total. The first kappa shape index (κ1) is 9.58. The summed E-state index contributed by atoms with van der Waals surface area (Å²) in [5.41, 5.74) is 3.97. The lowest BCUT2D eigenvalue weighted by molar-refractivity contribution is 0.447. The molecule has 2 aromatic heterocycles. The van der Waals surface area contributed by atoms with Crippen LogP contribution < -0.4 is 0 Å². The van der Waals surface area contributed by atoms with Crippen LogP contribution in [-0.2, 0) is 19.3 Å². The molecule has 0 saturated carbocycles. The molecule has 0 spiro atoms. The number of hydrogen-bond acceptors (Lipinski definition) is 2. The molecule has 1 N–H and O–H groups in total. The zero-order chi connectivity index (χ0) is 10.8. The van der Waals surface area contributed by atoms with Crippen LogP contribution in [0.1, 0.15) is 23.4 Å². The highest BCUT2D eigenvalue weighted by Gasteiger charge is 2.19. The van der Waals surface area contributed by atoms with Gasteiger partial charge in [-0.1, -0.05) is 6.07 Å². The maximum Gasteiger partial charge on any atom is 0.0921 e. The molecule has 0 bridgehead atoms. The second-order valence-corrected chi connectivity index (χ2v) is 4.50. The van der Waals surface area contributed by atoms with Gasteiger partial charge in [0.25, 0.3) is 0 Å². The molecule has 0 amide bonds. The van der Waals surface area contributed by atoms with Crippen LogP contribution in [0.25, 0.3) is 0 Å². The highest BCUT2D eigenvalue weighted by atomic mass is 14.9. The normalized spacial score (nSPS) is 19.4. The fourth-order valence-electron chi connectivity index (χ4n) is 2.52. The second-order valence-electron chi connectivity index (χ2n) is 4.50. The van der Waals surface area contributed by atoms with Gasteiger partial charge >= 0.3 is 0 Å². The Morgan fingerprint density at radius 2 is 2.44 bits per heavy atom. The number of nitrogens with zero attached hydrogens (tertiary/aromatic N) is 2. The number of H-pyrrole nitrogens is 1. The van der Waals surface area contributed by atoms with Gasteiger partial charge in [0.15, 0.2) is 0 Å². The van der Waals surface area contributed by atoms with E-state index in [0.717, 1.165) is 25.2 Å². The van der Waals surface area contributed by atoms with E-state index in [1.165, 1.54) is 23.4 Å². The molecule has 0 aromatic carbocycles. The van der Waals surface area contributed by atoms with Gasteiger partial charge in [0, 0.05) is 23.8 Å². The molecule has 0 fully saturated rings. The molecule has 0 unspecified atom stereocenters. The van der Waals surface area contributed by atoms with Gasteiger partial charge < -0.3 is 4.98 Å². The minimum absolute atomic E-state index is 0.733. The minimum atomic E-state index is 0.733. The maximum absolute atomic E-state index is 4.43. The van der Waals surface area contributed by atoms with E-state index in [1.807, 2.05) is 18.5 Å². The molecule has 0 aliphatic heterocycles. The van der Waals surface area contributed by atoms with Gasteiger partial charge in [0.2, 0.25) is 0 Å². The van der Waals surface area contributed by atoms with E-state index in [9.17, 15) is 0 Å². The highest BCUT2D eigenvalue weighted by Crippen LogP contribution is 2.25. The lowest BCUT2D eigenvalue weighted by Crippen LogP contribution is -2.17. The summed E-state index contributed by atoms with van der Waals surface area (Å²) in [6.07, 6.45) is 10.2. The largest absolute Gasteiger partial charge is 0.348 e. The van der Waals surface area contributed by atoms with Crippen molar-refractivity contribution in [2.45, 2.75) is 25.7 Å². The molecular weight excluding hydrogens is 198 g/mol. The molecule has 0 radical (unpaired) electrons. The Morgan fingerprint density at radius 3 is 3.31 bits per heavy atom. The summed E-state index contributed by atoms with van der Waals surface area (Å²) >= 11 is 0. The van der Waals surface area contributed by atoms with Crippen molar-refractivity contribution >= 4 is 0 Å². The van der Waals surface area contributed by atoms with Crippen LogP contribution >= 0.6 is 0 Å². The zero-order valence-corrected chi connectivity index (χ0v) is 9.19. The lowest BCUT2D eigenvalue weighted by Gasteiger charge is -2.23. The Morgan fingerprint density at radius 1 is 1.44 bits per heavy atom. The third-order valence-electron chi connectivity index (χ3n) is 3.35. The lowest BCUT2D eigenvalue weighted by atomic mass is 9.84. The predicted octanol–water partition coefficient (Wildman–Crippen LogP) is 2.15. The standard InChI is InChI=1S/C13H15N3/c1-2-11-6-10(3-4-13(11)15-5-1)7-12-8-14-9-16-12/h1-2,5,8-10H,3-4,6-7H2,(H,14,16)/t10-/m1/s1. The molecule has 2 aromatic rings. The SMILES string of the molecule is c1cnc2c(c1)C[C@H](Cc1cnc[nH]1)CC2. The number of aryl methyl sites for hydroxylation is 1. The van der Waals surface area contributed by atoms with Gasteiger partial charge in [-0.25, -0.2) is 4.98 Å². The molecule has 0 saturated heterocycles. The van der Waals surface area contributed by atoms with E-state index in [0.29, 0.717) is 0 Å². The van der Waals surface area contributed by atoms with E-state index in [4.69, 9.17) is 0 Å². The third-order valence-corrected chi connectivity index (χ3v) is 3.35. The summed E-state index contributed by atoms with van der Waals surface area (Å²) in [6.45, 7) is 0.